The van der Waals surface area contributed by atoms with Crippen LogP contribution in [0.1, 0.15) is 56.5 Å². The van der Waals surface area contributed by atoms with Gasteiger partial charge in [0.1, 0.15) is 17.1 Å². The van der Waals surface area contributed by atoms with Gasteiger partial charge in [-0.3, -0.25) is 29.0 Å². The molecule has 42 heavy (non-hydrogen) atoms. The number of phenolic OH excluding ortho intramolecular Hbond substituents is 1. The van der Waals surface area contributed by atoms with Crippen molar-refractivity contribution in [2.24, 2.45) is 17.6 Å². The Morgan fingerprint density at radius 1 is 1.14 bits per heavy atom. The Hall–Kier alpha value is -3.74. The molecule has 0 radical (unpaired) electrons. The maximum Gasteiger partial charge on any atom is 0.255 e. The Morgan fingerprint density at radius 3 is 2.29 bits per heavy atom. The summed E-state index contributed by atoms with van der Waals surface area (Å²) >= 11 is 0. The Morgan fingerprint density at radius 2 is 1.76 bits per heavy atom. The van der Waals surface area contributed by atoms with Crippen molar-refractivity contribution in [3.63, 3.8) is 0 Å². The number of benzene rings is 1. The number of rotatable bonds is 6. The molecule has 0 heterocycles. The van der Waals surface area contributed by atoms with Gasteiger partial charge in [0.05, 0.1) is 23.3 Å². The standard InChI is InChI=1S/C30H40N4O8/c1-8-17(34(7)29(2,3)4)28(41)32-16-10-9-13-11-14-12-15-21(33(5)6)24(37)20(27(31)40)26(39)30(15,42)25(38)19(14)23(36)18(13)22(16)35/h9-10,14-15,17,21,35,37-38,42H,8,11-12H2,1-7H3,(H2,31,40)(H,32,41)/t14?,15?,17?,21-,30-/m0/s1. The molecule has 228 valence electrons. The van der Waals surface area contributed by atoms with E-state index in [9.17, 15) is 39.6 Å². The van der Waals surface area contributed by atoms with Gasteiger partial charge in [0, 0.05) is 17.0 Å². The number of primary amides is 1. The van der Waals surface area contributed by atoms with E-state index in [2.05, 4.69) is 5.32 Å². The van der Waals surface area contributed by atoms with E-state index in [1.165, 1.54) is 11.0 Å². The number of carbonyl (C=O) groups excluding carboxylic acids is 4. The van der Waals surface area contributed by atoms with Gasteiger partial charge in [0.2, 0.25) is 11.7 Å². The summed E-state index contributed by atoms with van der Waals surface area (Å²) in [6.45, 7) is 7.78. The summed E-state index contributed by atoms with van der Waals surface area (Å²) in [5.41, 5.74) is 1.53. The maximum absolute atomic E-state index is 13.9. The third-order valence-corrected chi connectivity index (χ3v) is 9.07. The van der Waals surface area contributed by atoms with Crippen LogP contribution < -0.4 is 11.1 Å². The molecule has 7 N–H and O–H groups in total. The van der Waals surface area contributed by atoms with E-state index in [1.807, 2.05) is 39.6 Å². The number of phenols is 1. The van der Waals surface area contributed by atoms with Crippen LogP contribution in [0.15, 0.2) is 34.8 Å². The fraction of sp³-hybridized carbons (Fsp3) is 0.533. The topological polar surface area (TPSA) is 194 Å². The zero-order chi connectivity index (χ0) is 31.6. The van der Waals surface area contributed by atoms with Crippen molar-refractivity contribution in [2.45, 2.75) is 70.2 Å². The third-order valence-electron chi connectivity index (χ3n) is 9.07. The summed E-state index contributed by atoms with van der Waals surface area (Å²) in [5.74, 6) is -7.58. The molecule has 1 aromatic carbocycles. The first kappa shape index (κ1) is 31.2. The molecule has 12 heteroatoms. The van der Waals surface area contributed by atoms with Crippen LogP contribution in [0.3, 0.4) is 0 Å². The van der Waals surface area contributed by atoms with Gasteiger partial charge in [-0.05, 0) is 78.7 Å². The summed E-state index contributed by atoms with van der Waals surface area (Å²) in [5, 5.41) is 47.9. The second-order valence-electron chi connectivity index (χ2n) is 12.7. The second-order valence-corrected chi connectivity index (χ2v) is 12.7. The normalized spacial score (nSPS) is 26.7. The van der Waals surface area contributed by atoms with Crippen LogP contribution in [0.25, 0.3) is 0 Å². The number of nitrogens with one attached hydrogen (secondary N) is 1. The highest BCUT2D eigenvalue weighted by Gasteiger charge is 2.63. The Kier molecular flexibility index (Phi) is 7.81. The molecule has 0 saturated carbocycles. The lowest BCUT2D eigenvalue weighted by molar-refractivity contribution is -0.148. The second kappa shape index (κ2) is 10.5. The lowest BCUT2D eigenvalue weighted by Crippen LogP contribution is -2.63. The van der Waals surface area contributed by atoms with Gasteiger partial charge in [-0.1, -0.05) is 13.0 Å². The largest absolute Gasteiger partial charge is 0.510 e. The fourth-order valence-electron chi connectivity index (χ4n) is 6.64. The van der Waals surface area contributed by atoms with Crippen LogP contribution in [-0.2, 0) is 20.8 Å². The molecule has 0 aliphatic heterocycles. The summed E-state index contributed by atoms with van der Waals surface area (Å²) in [7, 11) is 4.97. The van der Waals surface area contributed by atoms with Gasteiger partial charge >= 0.3 is 0 Å². The van der Waals surface area contributed by atoms with Crippen molar-refractivity contribution in [2.75, 3.05) is 26.5 Å². The van der Waals surface area contributed by atoms with E-state index < -0.39 is 69.8 Å². The molecule has 0 spiro atoms. The molecule has 3 aliphatic carbocycles. The lowest BCUT2D eigenvalue weighted by atomic mass is 9.58. The fourth-order valence-corrected chi connectivity index (χ4v) is 6.64. The van der Waals surface area contributed by atoms with Gasteiger partial charge in [-0.2, -0.15) is 0 Å². The Balaban J connectivity index is 1.79. The number of nitrogens with two attached hydrogens (primary N) is 1. The molecule has 3 aliphatic rings. The number of Topliss-reactive ketones (excluding diaryl/α,β-unsaturated/α-hetero) is 2. The molecule has 0 fully saturated rings. The van der Waals surface area contributed by atoms with Crippen molar-refractivity contribution < 1.29 is 39.6 Å². The molecule has 5 atom stereocenters. The Labute approximate surface area is 244 Å². The van der Waals surface area contributed by atoms with E-state index in [-0.39, 0.29) is 41.1 Å². The predicted octanol–water partition coefficient (Wildman–Crippen LogP) is 1.57. The lowest BCUT2D eigenvalue weighted by Gasteiger charge is -2.50. The number of aromatic hydroxyl groups is 1. The number of aliphatic hydroxyl groups excluding tert-OH is 2. The minimum atomic E-state index is -2.71. The number of nitrogens with zero attached hydrogens (tertiary/aromatic N) is 2. The summed E-state index contributed by atoms with van der Waals surface area (Å²) < 4.78 is 0. The first-order chi connectivity index (χ1) is 19.4. The SMILES string of the molecule is CCC(C(=O)Nc1ccc2c(c1O)C(=O)C1=C(O)[C@]3(O)C(=O)C(C(N)=O)=C(O)[C@@H](N(C)C)C3CC1C2)N(C)C(C)(C)C. The average molecular weight is 585 g/mol. The van der Waals surface area contributed by atoms with Crippen LogP contribution >= 0.6 is 0 Å². The van der Waals surface area contributed by atoms with Gasteiger partial charge in [0.25, 0.3) is 5.91 Å². The Bertz CT molecular complexity index is 1440. The number of ketones is 2. The van der Waals surface area contributed by atoms with Gasteiger partial charge in [0.15, 0.2) is 17.1 Å². The minimum Gasteiger partial charge on any atom is -0.510 e. The van der Waals surface area contributed by atoms with Crippen molar-refractivity contribution in [3.05, 3.63) is 45.9 Å². The highest BCUT2D eigenvalue weighted by Crippen LogP contribution is 2.52. The molecular weight excluding hydrogens is 544 g/mol. The monoisotopic (exact) mass is 584 g/mol. The van der Waals surface area contributed by atoms with Crippen LogP contribution in [0, 0.1) is 11.8 Å². The summed E-state index contributed by atoms with van der Waals surface area (Å²) in [6.07, 6.45) is 0.661. The van der Waals surface area contributed by atoms with Gasteiger partial charge in [-0.25, -0.2) is 0 Å². The molecule has 3 unspecified atom stereocenters. The van der Waals surface area contributed by atoms with Crippen molar-refractivity contribution in [1.29, 1.82) is 0 Å². The molecule has 4 rings (SSSR count). The minimum absolute atomic E-state index is 0.00231. The quantitative estimate of drug-likeness (QED) is 0.211. The number of hydrogen-bond donors (Lipinski definition) is 6. The molecule has 0 aromatic heterocycles. The molecule has 0 saturated heterocycles. The van der Waals surface area contributed by atoms with E-state index in [4.69, 9.17) is 5.73 Å². The summed E-state index contributed by atoms with van der Waals surface area (Å²) in [6, 6.07) is 1.54. The third kappa shape index (κ3) is 4.58. The number of aliphatic hydroxyl groups is 3. The smallest absolute Gasteiger partial charge is 0.255 e. The van der Waals surface area contributed by atoms with E-state index in [1.54, 1.807) is 20.2 Å². The number of amides is 2. The number of fused-ring (bicyclic) bond motifs is 3. The first-order valence-corrected chi connectivity index (χ1v) is 13.9. The number of carbonyl (C=O) groups is 4. The van der Waals surface area contributed by atoms with Crippen LogP contribution in [0.5, 0.6) is 5.75 Å². The zero-order valence-corrected chi connectivity index (χ0v) is 25.0. The van der Waals surface area contributed by atoms with E-state index in [0.29, 0.717) is 12.0 Å². The highest BCUT2D eigenvalue weighted by atomic mass is 16.3. The highest BCUT2D eigenvalue weighted by molar-refractivity contribution is 6.25. The summed E-state index contributed by atoms with van der Waals surface area (Å²) in [4.78, 5) is 56.0. The van der Waals surface area contributed by atoms with Crippen LogP contribution in [0.4, 0.5) is 5.69 Å². The van der Waals surface area contributed by atoms with Gasteiger partial charge in [-0.15, -0.1) is 0 Å². The molecule has 0 bridgehead atoms. The van der Waals surface area contributed by atoms with Gasteiger partial charge < -0.3 is 31.5 Å². The van der Waals surface area contributed by atoms with E-state index in [0.717, 1.165) is 0 Å². The zero-order valence-electron chi connectivity index (χ0n) is 25.0. The number of hydrogen-bond acceptors (Lipinski definition) is 10. The predicted molar refractivity (Wildman–Crippen MR) is 154 cm³/mol. The number of anilines is 1. The molecular formula is C30H40N4O8. The number of allylic oxidation sites excluding steroid dienone is 1. The molecule has 12 nitrogen and oxygen atoms in total. The van der Waals surface area contributed by atoms with Crippen LogP contribution in [0.2, 0.25) is 0 Å². The average Bonchev–Trinajstić information content (AvgIpc) is 2.87. The first-order valence-electron chi connectivity index (χ1n) is 13.9. The van der Waals surface area contributed by atoms with Crippen molar-refractivity contribution in [1.82, 2.24) is 9.80 Å². The maximum atomic E-state index is 13.9. The van der Waals surface area contributed by atoms with Crippen molar-refractivity contribution in [3.8, 4) is 5.75 Å². The van der Waals surface area contributed by atoms with Crippen LogP contribution in [-0.4, -0.2) is 98.0 Å². The molecule has 2 amide bonds. The molecule has 1 aromatic rings. The van der Waals surface area contributed by atoms with Crippen molar-refractivity contribution >= 4 is 29.1 Å². The number of likely N-dealkylation sites (N-methyl/N-ethyl adjacent to an activating group) is 2. The van der Waals surface area contributed by atoms with E-state index >= 15 is 0 Å².